The molecule has 0 aliphatic heterocycles. The van der Waals surface area contributed by atoms with Crippen molar-refractivity contribution in [2.24, 2.45) is 0 Å². The average molecular weight is 263 g/mol. The van der Waals surface area contributed by atoms with Gasteiger partial charge in [-0.1, -0.05) is 24.3 Å². The maximum atomic E-state index is 4.88. The maximum absolute atomic E-state index is 4.88. The molecule has 1 aliphatic carbocycles. The van der Waals surface area contributed by atoms with Crippen molar-refractivity contribution < 1.29 is 0 Å². The minimum Gasteiger partial charge on any atom is -0.388 e. The number of nitrogens with zero attached hydrogens (tertiary/aromatic N) is 2. The van der Waals surface area contributed by atoms with Crippen LogP contribution in [0.25, 0.3) is 22.4 Å². The standard InChI is InChI=1S/C17H17N3/c1-18-14-7-3-2-6-13(14)17-19-15-8-4-5-9-16(15)20(17)12-10-11-12/h2-9,12,18H,10-11H2,1H3. The average Bonchev–Trinajstić information content (AvgIpc) is 3.27. The van der Waals surface area contributed by atoms with E-state index in [9.17, 15) is 0 Å². The van der Waals surface area contributed by atoms with Crippen LogP contribution in [-0.4, -0.2) is 16.6 Å². The molecule has 1 N–H and O–H groups in total. The van der Waals surface area contributed by atoms with Crippen molar-refractivity contribution in [2.45, 2.75) is 18.9 Å². The molecule has 0 bridgehead atoms. The molecule has 20 heavy (non-hydrogen) atoms. The van der Waals surface area contributed by atoms with Crippen LogP contribution >= 0.6 is 0 Å². The van der Waals surface area contributed by atoms with Crippen molar-refractivity contribution in [3.63, 3.8) is 0 Å². The Labute approximate surface area is 118 Å². The molecule has 3 heteroatoms. The van der Waals surface area contributed by atoms with Crippen LogP contribution in [0.5, 0.6) is 0 Å². The molecule has 1 saturated carbocycles. The Morgan fingerprint density at radius 1 is 1.05 bits per heavy atom. The van der Waals surface area contributed by atoms with Gasteiger partial charge in [0.05, 0.1) is 11.0 Å². The highest BCUT2D eigenvalue weighted by molar-refractivity contribution is 5.84. The van der Waals surface area contributed by atoms with E-state index < -0.39 is 0 Å². The van der Waals surface area contributed by atoms with Gasteiger partial charge < -0.3 is 9.88 Å². The molecule has 1 heterocycles. The van der Waals surface area contributed by atoms with Gasteiger partial charge in [0.15, 0.2) is 0 Å². The molecule has 0 radical (unpaired) electrons. The predicted octanol–water partition coefficient (Wildman–Crippen LogP) is 4.08. The van der Waals surface area contributed by atoms with Crippen LogP contribution in [0.4, 0.5) is 5.69 Å². The summed E-state index contributed by atoms with van der Waals surface area (Å²) >= 11 is 0. The van der Waals surface area contributed by atoms with Crippen LogP contribution < -0.4 is 5.32 Å². The lowest BCUT2D eigenvalue weighted by atomic mass is 10.1. The molecule has 3 nitrogen and oxygen atoms in total. The van der Waals surface area contributed by atoms with E-state index in [1.54, 1.807) is 0 Å². The number of hydrogen-bond donors (Lipinski definition) is 1. The third kappa shape index (κ3) is 1.70. The zero-order valence-corrected chi connectivity index (χ0v) is 11.5. The first-order chi connectivity index (χ1) is 9.88. The summed E-state index contributed by atoms with van der Waals surface area (Å²) in [5, 5.41) is 3.27. The lowest BCUT2D eigenvalue weighted by Crippen LogP contribution is -2.00. The monoisotopic (exact) mass is 263 g/mol. The Bertz CT molecular complexity index is 769. The number of imidazole rings is 1. The van der Waals surface area contributed by atoms with Crippen molar-refractivity contribution in [3.8, 4) is 11.4 Å². The Balaban J connectivity index is 2.01. The fourth-order valence-corrected chi connectivity index (χ4v) is 2.83. The number of rotatable bonds is 3. The molecule has 1 aliphatic rings. The third-order valence-electron chi connectivity index (χ3n) is 3.95. The lowest BCUT2D eigenvalue weighted by molar-refractivity contribution is 0.775. The maximum Gasteiger partial charge on any atom is 0.143 e. The number of para-hydroxylation sites is 3. The number of aromatic nitrogens is 2. The number of fused-ring (bicyclic) bond motifs is 1. The minimum atomic E-state index is 0.613. The van der Waals surface area contributed by atoms with Gasteiger partial charge in [-0.15, -0.1) is 0 Å². The summed E-state index contributed by atoms with van der Waals surface area (Å²) in [6.07, 6.45) is 2.52. The third-order valence-corrected chi connectivity index (χ3v) is 3.95. The highest BCUT2D eigenvalue weighted by Gasteiger charge is 2.29. The highest BCUT2D eigenvalue weighted by atomic mass is 15.1. The van der Waals surface area contributed by atoms with Crippen LogP contribution in [0.2, 0.25) is 0 Å². The molecule has 0 atom stereocenters. The highest BCUT2D eigenvalue weighted by Crippen LogP contribution is 2.42. The Morgan fingerprint density at radius 2 is 1.80 bits per heavy atom. The predicted molar refractivity (Wildman–Crippen MR) is 83.0 cm³/mol. The van der Waals surface area contributed by atoms with Crippen LogP contribution in [0, 0.1) is 0 Å². The lowest BCUT2D eigenvalue weighted by Gasteiger charge is -2.11. The molecular formula is C17H17N3. The Hall–Kier alpha value is -2.29. The minimum absolute atomic E-state index is 0.613. The second kappa shape index (κ2) is 4.37. The quantitative estimate of drug-likeness (QED) is 0.771. The van der Waals surface area contributed by atoms with Crippen molar-refractivity contribution in [1.29, 1.82) is 0 Å². The first kappa shape index (κ1) is 11.5. The van der Waals surface area contributed by atoms with Crippen LogP contribution in [0.15, 0.2) is 48.5 Å². The van der Waals surface area contributed by atoms with Gasteiger partial charge in [-0.05, 0) is 37.1 Å². The first-order valence-corrected chi connectivity index (χ1v) is 7.12. The number of nitrogens with one attached hydrogen (secondary N) is 1. The molecule has 3 aromatic rings. The van der Waals surface area contributed by atoms with E-state index >= 15 is 0 Å². The SMILES string of the molecule is CNc1ccccc1-c1nc2ccccc2n1C1CC1. The summed E-state index contributed by atoms with van der Waals surface area (Å²) in [7, 11) is 1.96. The van der Waals surface area contributed by atoms with Gasteiger partial charge in [0.2, 0.25) is 0 Å². The van der Waals surface area contributed by atoms with E-state index in [0.717, 1.165) is 17.0 Å². The number of anilines is 1. The zero-order chi connectivity index (χ0) is 13.5. The van der Waals surface area contributed by atoms with Crippen LogP contribution in [0.1, 0.15) is 18.9 Å². The Kier molecular flexibility index (Phi) is 2.52. The summed E-state index contributed by atoms with van der Waals surface area (Å²) in [4.78, 5) is 4.88. The molecule has 0 amide bonds. The second-order valence-electron chi connectivity index (χ2n) is 5.32. The largest absolute Gasteiger partial charge is 0.388 e. The van der Waals surface area contributed by atoms with Gasteiger partial charge in [0.25, 0.3) is 0 Å². The van der Waals surface area contributed by atoms with Gasteiger partial charge in [-0.2, -0.15) is 0 Å². The molecule has 0 spiro atoms. The fourth-order valence-electron chi connectivity index (χ4n) is 2.83. The summed E-state index contributed by atoms with van der Waals surface area (Å²) in [5.41, 5.74) is 4.64. The molecule has 1 fully saturated rings. The second-order valence-corrected chi connectivity index (χ2v) is 5.32. The molecular weight excluding hydrogens is 246 g/mol. The molecule has 0 unspecified atom stereocenters. The number of benzene rings is 2. The van der Waals surface area contributed by atoms with Gasteiger partial charge in [0, 0.05) is 24.3 Å². The van der Waals surface area contributed by atoms with E-state index in [1.807, 2.05) is 7.05 Å². The first-order valence-electron chi connectivity index (χ1n) is 7.12. The molecule has 2 aromatic carbocycles. The van der Waals surface area contributed by atoms with Crippen LogP contribution in [-0.2, 0) is 0 Å². The van der Waals surface area contributed by atoms with Crippen molar-refractivity contribution >= 4 is 16.7 Å². The smallest absolute Gasteiger partial charge is 0.143 e. The summed E-state index contributed by atoms with van der Waals surface area (Å²) in [6, 6.07) is 17.4. The molecule has 1 aromatic heterocycles. The summed E-state index contributed by atoms with van der Waals surface area (Å²) in [5.74, 6) is 1.08. The van der Waals surface area contributed by atoms with Crippen molar-refractivity contribution in [1.82, 2.24) is 9.55 Å². The van der Waals surface area contributed by atoms with E-state index in [2.05, 4.69) is 58.4 Å². The fraction of sp³-hybridized carbons (Fsp3) is 0.235. The van der Waals surface area contributed by atoms with Gasteiger partial charge >= 0.3 is 0 Å². The van der Waals surface area contributed by atoms with Gasteiger partial charge in [-0.3, -0.25) is 0 Å². The normalized spacial score (nSPS) is 14.7. The summed E-state index contributed by atoms with van der Waals surface area (Å²) in [6.45, 7) is 0. The van der Waals surface area contributed by atoms with E-state index in [4.69, 9.17) is 4.98 Å². The van der Waals surface area contributed by atoms with E-state index in [0.29, 0.717) is 6.04 Å². The molecule has 4 rings (SSSR count). The number of hydrogen-bond acceptors (Lipinski definition) is 2. The van der Waals surface area contributed by atoms with Gasteiger partial charge in [0.1, 0.15) is 5.82 Å². The van der Waals surface area contributed by atoms with Crippen molar-refractivity contribution in [2.75, 3.05) is 12.4 Å². The van der Waals surface area contributed by atoms with Crippen LogP contribution in [0.3, 0.4) is 0 Å². The Morgan fingerprint density at radius 3 is 2.60 bits per heavy atom. The zero-order valence-electron chi connectivity index (χ0n) is 11.5. The molecule has 100 valence electrons. The topological polar surface area (TPSA) is 29.9 Å². The summed E-state index contributed by atoms with van der Waals surface area (Å²) < 4.78 is 2.41. The van der Waals surface area contributed by atoms with E-state index in [1.165, 1.54) is 23.9 Å². The van der Waals surface area contributed by atoms with E-state index in [-0.39, 0.29) is 0 Å². The van der Waals surface area contributed by atoms with Gasteiger partial charge in [-0.25, -0.2) is 4.98 Å². The molecule has 0 saturated heterocycles. The van der Waals surface area contributed by atoms with Crippen molar-refractivity contribution in [3.05, 3.63) is 48.5 Å².